The van der Waals surface area contributed by atoms with E-state index in [0.29, 0.717) is 15.8 Å². The van der Waals surface area contributed by atoms with Crippen molar-refractivity contribution >= 4 is 41.3 Å². The Balaban J connectivity index is 1.61. The molecule has 3 rings (SSSR count). The maximum atomic E-state index is 11.1. The molecule has 1 aliphatic heterocycles. The molecule has 0 aliphatic carbocycles. The number of carbonyl (C=O) groups is 1. The number of azo groups is 1. The maximum Gasteiger partial charge on any atom is 0.365 e. The summed E-state index contributed by atoms with van der Waals surface area (Å²) < 4.78 is 5.71. The first kappa shape index (κ1) is 18.8. The molecule has 0 unspecified atom stereocenters. The number of ether oxygens (including phenoxy) is 1. The number of hydrogen-bond donors (Lipinski definition) is 1. The van der Waals surface area contributed by atoms with Gasteiger partial charge in [-0.25, -0.2) is 4.79 Å². The highest BCUT2D eigenvalue weighted by Gasteiger charge is 2.14. The lowest BCUT2D eigenvalue weighted by atomic mass is 10.2. The van der Waals surface area contributed by atoms with Crippen LogP contribution >= 0.6 is 23.2 Å². The molecule has 1 aliphatic rings. The van der Waals surface area contributed by atoms with Crippen molar-refractivity contribution in [2.45, 2.75) is 6.61 Å². The molecule has 0 radical (unpaired) electrons. The number of amides is 2. The predicted octanol–water partition coefficient (Wildman–Crippen LogP) is 4.99. The van der Waals surface area contributed by atoms with E-state index < -0.39 is 6.03 Å². The summed E-state index contributed by atoms with van der Waals surface area (Å²) >= 11 is 12.2. The van der Waals surface area contributed by atoms with Crippen molar-refractivity contribution < 1.29 is 9.53 Å². The lowest BCUT2D eigenvalue weighted by molar-refractivity contribution is 0.251. The quantitative estimate of drug-likeness (QED) is 0.564. The van der Waals surface area contributed by atoms with Crippen LogP contribution in [-0.2, 0) is 6.61 Å². The smallest absolute Gasteiger partial charge is 0.365 e. The third kappa shape index (κ3) is 4.99. The van der Waals surface area contributed by atoms with Gasteiger partial charge in [0, 0.05) is 15.6 Å². The van der Waals surface area contributed by atoms with Crippen molar-refractivity contribution in [3.63, 3.8) is 0 Å². The highest BCUT2D eigenvalue weighted by Crippen LogP contribution is 2.25. The van der Waals surface area contributed by atoms with Gasteiger partial charge in [0.05, 0.1) is 6.21 Å². The molecule has 0 aromatic heterocycles. The second kappa shape index (κ2) is 8.57. The minimum Gasteiger partial charge on any atom is -0.489 e. The van der Waals surface area contributed by atoms with Crippen molar-refractivity contribution in [3.8, 4) is 5.75 Å². The topological polar surface area (TPSA) is 87.8 Å². The van der Waals surface area contributed by atoms with Gasteiger partial charge in [0.1, 0.15) is 18.1 Å². The van der Waals surface area contributed by atoms with Gasteiger partial charge in [-0.3, -0.25) is 5.32 Å². The molecule has 9 heteroatoms. The van der Waals surface area contributed by atoms with E-state index in [2.05, 4.69) is 32.3 Å². The summed E-state index contributed by atoms with van der Waals surface area (Å²) in [6.07, 6.45) is 1.52. The van der Waals surface area contributed by atoms with Gasteiger partial charge in [0.25, 0.3) is 0 Å². The standard InChI is InChI=1S/C18H13Cl2N5O2/c1-11-17(22-18(26)25-23-11)24-21-9-12-5-7-13(8-6-12)27-10-14-15(19)3-2-4-16(14)20/h2-9H,1,10H2,(H,22,24,26)/b21-9+. The maximum absolute atomic E-state index is 11.1. The molecule has 2 aromatic carbocycles. The van der Waals surface area contributed by atoms with Gasteiger partial charge < -0.3 is 4.74 Å². The second-order valence-electron chi connectivity index (χ2n) is 5.33. The van der Waals surface area contributed by atoms with Crippen LogP contribution in [0.1, 0.15) is 11.1 Å². The molecule has 0 bridgehead atoms. The van der Waals surface area contributed by atoms with Crippen LogP contribution in [0, 0.1) is 0 Å². The second-order valence-corrected chi connectivity index (χ2v) is 6.14. The third-order valence-corrected chi connectivity index (χ3v) is 4.16. The highest BCUT2D eigenvalue weighted by atomic mass is 35.5. The van der Waals surface area contributed by atoms with Crippen LogP contribution in [0.3, 0.4) is 0 Å². The van der Waals surface area contributed by atoms with E-state index >= 15 is 0 Å². The fourth-order valence-corrected chi connectivity index (χ4v) is 2.57. The molecule has 2 amide bonds. The van der Waals surface area contributed by atoms with E-state index in [4.69, 9.17) is 27.9 Å². The summed E-state index contributed by atoms with van der Waals surface area (Å²) in [5.41, 5.74) is 1.75. The van der Waals surface area contributed by atoms with Crippen LogP contribution < -0.4 is 10.1 Å². The van der Waals surface area contributed by atoms with E-state index in [-0.39, 0.29) is 18.1 Å². The molecule has 0 saturated heterocycles. The number of amidine groups is 1. The van der Waals surface area contributed by atoms with E-state index in [9.17, 15) is 4.79 Å². The summed E-state index contributed by atoms with van der Waals surface area (Å²) in [6.45, 7) is 3.87. The average Bonchev–Trinajstić information content (AvgIpc) is 2.65. The molecule has 0 saturated carbocycles. The zero-order valence-corrected chi connectivity index (χ0v) is 15.4. The largest absolute Gasteiger partial charge is 0.489 e. The van der Waals surface area contributed by atoms with Gasteiger partial charge in [0.2, 0.25) is 0 Å². The van der Waals surface area contributed by atoms with Crippen molar-refractivity contribution in [2.24, 2.45) is 20.4 Å². The molecule has 2 aromatic rings. The zero-order valence-electron chi connectivity index (χ0n) is 13.9. The lowest BCUT2D eigenvalue weighted by Crippen LogP contribution is -2.31. The number of hydrogen-bond acceptors (Lipinski definition) is 5. The summed E-state index contributed by atoms with van der Waals surface area (Å²) in [5.74, 6) is 0.811. The van der Waals surface area contributed by atoms with Gasteiger partial charge in [-0.15, -0.1) is 10.2 Å². The molecule has 27 heavy (non-hydrogen) atoms. The van der Waals surface area contributed by atoms with Crippen LogP contribution in [0.15, 0.2) is 75.2 Å². The lowest BCUT2D eigenvalue weighted by Gasteiger charge is -2.09. The Bertz CT molecular complexity index is 948. The Morgan fingerprint density at radius 3 is 2.52 bits per heavy atom. The van der Waals surface area contributed by atoms with Crippen LogP contribution in [0.2, 0.25) is 10.0 Å². The van der Waals surface area contributed by atoms with E-state index in [1.807, 2.05) is 0 Å². The van der Waals surface area contributed by atoms with E-state index in [1.165, 1.54) is 6.21 Å². The monoisotopic (exact) mass is 401 g/mol. The molecular formula is C18H13Cl2N5O2. The number of rotatable bonds is 5. The fourth-order valence-electron chi connectivity index (χ4n) is 2.06. The Morgan fingerprint density at radius 1 is 1.11 bits per heavy atom. The highest BCUT2D eigenvalue weighted by molar-refractivity contribution is 6.35. The van der Waals surface area contributed by atoms with Crippen molar-refractivity contribution in [3.05, 3.63) is 75.9 Å². The Labute approximate surface area is 165 Å². The molecule has 0 spiro atoms. The van der Waals surface area contributed by atoms with Crippen LogP contribution in [-0.4, -0.2) is 18.1 Å². The molecule has 7 nitrogen and oxygen atoms in total. The first-order valence-electron chi connectivity index (χ1n) is 7.72. The van der Waals surface area contributed by atoms with Crippen molar-refractivity contribution in [1.29, 1.82) is 0 Å². The molecule has 0 fully saturated rings. The summed E-state index contributed by atoms with van der Waals surface area (Å²) in [7, 11) is 0. The van der Waals surface area contributed by atoms with Gasteiger partial charge in [0.15, 0.2) is 5.84 Å². The number of urea groups is 1. The third-order valence-electron chi connectivity index (χ3n) is 3.45. The van der Waals surface area contributed by atoms with Gasteiger partial charge in [-0.05, 0) is 42.0 Å². The number of nitrogens with zero attached hydrogens (tertiary/aromatic N) is 4. The first-order chi connectivity index (χ1) is 13.0. The minimum absolute atomic E-state index is 0.155. The Hall–Kier alpha value is -3.03. The van der Waals surface area contributed by atoms with Gasteiger partial charge in [-0.1, -0.05) is 41.0 Å². The molecular weight excluding hydrogens is 389 g/mol. The van der Waals surface area contributed by atoms with E-state index in [1.54, 1.807) is 42.5 Å². The average molecular weight is 402 g/mol. The number of carbonyl (C=O) groups excluding carboxylic acids is 1. The normalized spacial score (nSPS) is 15.4. The summed E-state index contributed by atoms with van der Waals surface area (Å²) in [4.78, 5) is 11.1. The number of benzene rings is 2. The van der Waals surface area contributed by atoms with Gasteiger partial charge >= 0.3 is 6.03 Å². The van der Waals surface area contributed by atoms with Crippen LogP contribution in [0.5, 0.6) is 5.75 Å². The molecule has 0 atom stereocenters. The number of halogens is 2. The van der Waals surface area contributed by atoms with Gasteiger partial charge in [-0.2, -0.15) is 5.10 Å². The van der Waals surface area contributed by atoms with Crippen LogP contribution in [0.4, 0.5) is 4.79 Å². The van der Waals surface area contributed by atoms with Crippen molar-refractivity contribution in [1.82, 2.24) is 5.32 Å². The number of nitrogens with one attached hydrogen (secondary N) is 1. The Morgan fingerprint density at radius 2 is 1.81 bits per heavy atom. The predicted molar refractivity (Wildman–Crippen MR) is 105 cm³/mol. The SMILES string of the molecule is C=C1N=NC(=O)N/C1=N/N=C/c1ccc(OCc2c(Cl)cccc2Cl)cc1. The first-order valence-corrected chi connectivity index (χ1v) is 8.47. The molecule has 136 valence electrons. The molecule has 1 N–H and O–H groups in total. The van der Waals surface area contributed by atoms with Crippen LogP contribution in [0.25, 0.3) is 0 Å². The summed E-state index contributed by atoms with van der Waals surface area (Å²) in [6, 6.07) is 11.9. The zero-order chi connectivity index (χ0) is 19.2. The summed E-state index contributed by atoms with van der Waals surface area (Å²) in [5, 5.41) is 18.2. The van der Waals surface area contributed by atoms with Crippen molar-refractivity contribution in [2.75, 3.05) is 0 Å². The minimum atomic E-state index is -0.614. The fraction of sp³-hybridized carbons (Fsp3) is 0.0556. The van der Waals surface area contributed by atoms with E-state index in [0.717, 1.165) is 11.1 Å². The Kier molecular flexibility index (Phi) is 5.95. The molecule has 1 heterocycles.